The summed E-state index contributed by atoms with van der Waals surface area (Å²) in [4.78, 5) is 0. The van der Waals surface area contributed by atoms with Gasteiger partial charge < -0.3 is 13.6 Å². The Hall–Kier alpha value is -1.64. The lowest BCUT2D eigenvalue weighted by Crippen LogP contribution is -2.55. The van der Waals surface area contributed by atoms with Gasteiger partial charge in [0.05, 0.1) is 0 Å². The van der Waals surface area contributed by atoms with Gasteiger partial charge in [-0.3, -0.25) is 0 Å². The monoisotopic (exact) mass is 409 g/mol. The molecule has 0 radical (unpaired) electrons. The molecular weight excluding hydrogens is 399 g/mol. The minimum absolute atomic E-state index is 0.0309. The third-order valence-corrected chi connectivity index (χ3v) is 7.18. The van der Waals surface area contributed by atoms with Crippen molar-refractivity contribution in [1.29, 1.82) is 0 Å². The first-order valence-electron chi connectivity index (χ1n) is 7.81. The van der Waals surface area contributed by atoms with Crippen LogP contribution in [0.25, 0.3) is 0 Å². The van der Waals surface area contributed by atoms with Crippen molar-refractivity contribution < 1.29 is 40.0 Å². The molecule has 2 heterocycles. The summed E-state index contributed by atoms with van der Waals surface area (Å²) in [5, 5.41) is -0.0618. The summed E-state index contributed by atoms with van der Waals surface area (Å²) < 4.78 is 105. The minimum Gasteiger partial charge on any atom is -0.525 e. The molecule has 0 saturated carbocycles. The Kier molecular flexibility index (Phi) is 4.11. The van der Waals surface area contributed by atoms with Crippen molar-refractivity contribution in [2.24, 2.45) is 0 Å². The number of hydrogen-bond acceptors (Lipinski definition) is 2. The summed E-state index contributed by atoms with van der Waals surface area (Å²) in [6, 6.07) is 10.4. The van der Waals surface area contributed by atoms with Crippen LogP contribution >= 0.6 is 7.80 Å². The van der Waals surface area contributed by atoms with Crippen LogP contribution in [0.4, 0.5) is 30.7 Å². The fourth-order valence-electron chi connectivity index (χ4n) is 3.46. The molecule has 0 N–H and O–H groups in total. The first-order valence-corrected chi connectivity index (χ1v) is 9.22. The van der Waals surface area contributed by atoms with Gasteiger partial charge in [-0.05, 0) is 21.7 Å². The Balaban J connectivity index is 1.97. The van der Waals surface area contributed by atoms with Crippen molar-refractivity contribution in [3.8, 4) is 0 Å². The Morgan fingerprint density at radius 2 is 1.07 bits per heavy atom. The maximum atomic E-state index is 15.6. The van der Waals surface area contributed by atoms with Crippen LogP contribution in [0, 0.1) is 0 Å². The Morgan fingerprint density at radius 1 is 0.704 bits per heavy atom. The number of hydrogen-bond donors (Lipinski definition) is 0. The van der Waals surface area contributed by atoms with Crippen LogP contribution in [0.15, 0.2) is 48.5 Å². The SMILES string of the molecule is F[B-]12OC(C(F)(F)F)c3ccccc3P1c1ccccc1C(C(F)(F)F)O2. The molecule has 2 aromatic carbocycles. The molecular formula is C16H10BF7O2P-. The van der Waals surface area contributed by atoms with Gasteiger partial charge in [0.15, 0.2) is 0 Å². The number of rotatable bonds is 0. The average Bonchev–Trinajstić information content (AvgIpc) is 2.58. The number of fused-ring (bicyclic) bond motifs is 5. The van der Waals surface area contributed by atoms with Gasteiger partial charge in [0.2, 0.25) is 0 Å². The molecule has 0 fully saturated rings. The van der Waals surface area contributed by atoms with E-state index in [1.54, 1.807) is 0 Å². The van der Waals surface area contributed by atoms with E-state index in [0.717, 1.165) is 12.1 Å². The van der Waals surface area contributed by atoms with E-state index in [1.165, 1.54) is 36.4 Å². The van der Waals surface area contributed by atoms with Gasteiger partial charge in [-0.25, -0.2) is 0 Å². The zero-order valence-electron chi connectivity index (χ0n) is 13.3. The largest absolute Gasteiger partial charge is 0.525 e. The van der Waals surface area contributed by atoms with E-state index in [4.69, 9.17) is 0 Å². The van der Waals surface area contributed by atoms with Gasteiger partial charge >= 0.3 is 18.9 Å². The second-order valence-corrected chi connectivity index (χ2v) is 8.51. The summed E-state index contributed by atoms with van der Waals surface area (Å²) >= 11 is 0. The molecule has 2 aliphatic rings. The molecule has 144 valence electrons. The van der Waals surface area contributed by atoms with Crippen LogP contribution in [0.5, 0.6) is 0 Å². The maximum absolute atomic E-state index is 15.6. The van der Waals surface area contributed by atoms with Gasteiger partial charge in [0, 0.05) is 0 Å². The van der Waals surface area contributed by atoms with Gasteiger partial charge in [-0.15, -0.1) is 7.80 Å². The molecule has 2 aliphatic heterocycles. The van der Waals surface area contributed by atoms with Gasteiger partial charge in [-0.2, -0.15) is 26.3 Å². The molecule has 0 amide bonds. The Morgan fingerprint density at radius 3 is 1.44 bits per heavy atom. The topological polar surface area (TPSA) is 18.5 Å². The first kappa shape index (κ1) is 18.7. The van der Waals surface area contributed by atoms with Crippen LogP contribution < -0.4 is 10.6 Å². The van der Waals surface area contributed by atoms with Crippen molar-refractivity contribution >= 4 is 25.0 Å². The van der Waals surface area contributed by atoms with Gasteiger partial charge in [0.25, 0.3) is 0 Å². The molecule has 4 rings (SSSR count). The van der Waals surface area contributed by atoms with Crippen molar-refractivity contribution in [2.75, 3.05) is 0 Å². The lowest BCUT2D eigenvalue weighted by atomic mass is 10.0. The fourth-order valence-corrected chi connectivity index (χ4v) is 6.31. The lowest BCUT2D eigenvalue weighted by molar-refractivity contribution is -0.224. The van der Waals surface area contributed by atoms with E-state index in [9.17, 15) is 26.3 Å². The molecule has 0 bridgehead atoms. The van der Waals surface area contributed by atoms with Crippen LogP contribution in [0.1, 0.15) is 23.3 Å². The van der Waals surface area contributed by atoms with E-state index >= 15 is 4.32 Å². The normalized spacial score (nSPS) is 30.3. The highest BCUT2D eigenvalue weighted by atomic mass is 31.1. The van der Waals surface area contributed by atoms with Crippen molar-refractivity contribution in [2.45, 2.75) is 24.6 Å². The highest BCUT2D eigenvalue weighted by Crippen LogP contribution is 2.61. The van der Waals surface area contributed by atoms with E-state index < -0.39 is 38.9 Å². The summed E-state index contributed by atoms with van der Waals surface area (Å²) in [5.41, 5.74) is -0.620. The zero-order valence-corrected chi connectivity index (χ0v) is 14.2. The molecule has 0 spiro atoms. The molecule has 2 aromatic rings. The molecule has 0 aromatic heterocycles. The third kappa shape index (κ3) is 2.94. The minimum atomic E-state index is -5.01. The molecule has 2 unspecified atom stereocenters. The van der Waals surface area contributed by atoms with E-state index in [0.29, 0.717) is 0 Å². The standard InChI is InChI=1S/C16H10BF7O2P/c18-15(19,20)13-9-5-1-3-7-11(9)27-12-8-4-2-6-10(12)14(16(21,22)23)26-17(27,24)25-13/h1-8,13-14H/q-1. The van der Waals surface area contributed by atoms with Crippen LogP contribution in [0.3, 0.4) is 0 Å². The third-order valence-electron chi connectivity index (χ3n) is 4.47. The smallest absolute Gasteiger partial charge is 0.445 e. The molecule has 2 atom stereocenters. The second kappa shape index (κ2) is 5.93. The fraction of sp³-hybridized carbons (Fsp3) is 0.250. The summed E-state index contributed by atoms with van der Waals surface area (Å²) in [6.07, 6.45) is -15.4. The molecule has 27 heavy (non-hydrogen) atoms. The molecule has 0 saturated heterocycles. The zero-order chi connectivity index (χ0) is 19.6. The van der Waals surface area contributed by atoms with Gasteiger partial charge in [0.1, 0.15) is 12.2 Å². The van der Waals surface area contributed by atoms with Crippen molar-refractivity contribution in [3.63, 3.8) is 0 Å². The van der Waals surface area contributed by atoms with E-state index in [-0.39, 0.29) is 21.7 Å². The van der Waals surface area contributed by atoms with Crippen molar-refractivity contribution in [1.82, 2.24) is 0 Å². The van der Waals surface area contributed by atoms with E-state index in [2.05, 4.69) is 9.31 Å². The van der Waals surface area contributed by atoms with Crippen LogP contribution in [-0.4, -0.2) is 18.9 Å². The Bertz CT molecular complexity index is 818. The number of alkyl halides is 6. The second-order valence-electron chi connectivity index (χ2n) is 6.19. The first-order chi connectivity index (χ1) is 12.5. The average molecular weight is 409 g/mol. The predicted molar refractivity (Wildman–Crippen MR) is 85.7 cm³/mol. The summed E-state index contributed by atoms with van der Waals surface area (Å²) in [6.45, 7) is -4.38. The van der Waals surface area contributed by atoms with Crippen LogP contribution in [-0.2, 0) is 9.31 Å². The van der Waals surface area contributed by atoms with Crippen LogP contribution in [0.2, 0.25) is 0 Å². The number of halogens is 7. The lowest BCUT2D eigenvalue weighted by Gasteiger charge is -2.54. The quantitative estimate of drug-likeness (QED) is 0.354. The highest BCUT2D eigenvalue weighted by Gasteiger charge is 2.59. The van der Waals surface area contributed by atoms with E-state index in [1.807, 2.05) is 0 Å². The highest BCUT2D eigenvalue weighted by molar-refractivity contribution is 8.02. The summed E-state index contributed by atoms with van der Waals surface area (Å²) in [5.74, 6) is 0. The molecule has 11 heteroatoms. The van der Waals surface area contributed by atoms with Crippen molar-refractivity contribution in [3.05, 3.63) is 59.7 Å². The number of benzene rings is 2. The summed E-state index contributed by atoms with van der Waals surface area (Å²) in [7, 11) is -2.36. The molecule has 0 aliphatic carbocycles. The molecule has 2 nitrogen and oxygen atoms in total. The maximum Gasteiger partial charge on any atom is 0.445 e. The Labute approximate surface area is 150 Å². The predicted octanol–water partition coefficient (Wildman–Crippen LogP) is 4.79. The van der Waals surface area contributed by atoms with Gasteiger partial charge in [-0.1, -0.05) is 48.5 Å².